The number of aliphatic hydroxyl groups is 1. The molecule has 16 heavy (non-hydrogen) atoms. The molecule has 3 N–H and O–H groups in total. The predicted octanol–water partition coefficient (Wildman–Crippen LogP) is 2.35. The van der Waals surface area contributed by atoms with Gasteiger partial charge in [-0.05, 0) is 37.0 Å². The summed E-state index contributed by atoms with van der Waals surface area (Å²) in [6.07, 6.45) is 0.531. The molecule has 1 aromatic rings. The Bertz CT molecular complexity index is 380. The minimum Gasteiger partial charge on any atom is -0.495 e. The molecule has 4 heteroatoms. The lowest BCUT2D eigenvalue weighted by molar-refractivity contribution is 0.276. The zero-order valence-corrected chi connectivity index (χ0v) is 10.6. The number of aryl methyl sites for hydroxylation is 1. The van der Waals surface area contributed by atoms with E-state index in [0.717, 1.165) is 16.7 Å². The van der Waals surface area contributed by atoms with Gasteiger partial charge < -0.3 is 15.6 Å². The van der Waals surface area contributed by atoms with Crippen LogP contribution in [0.15, 0.2) is 6.07 Å². The van der Waals surface area contributed by atoms with Crippen LogP contribution in [0, 0.1) is 13.8 Å². The molecule has 0 aliphatic carbocycles. The third-order valence-electron chi connectivity index (χ3n) is 2.74. The van der Waals surface area contributed by atoms with E-state index in [0.29, 0.717) is 17.2 Å². The Morgan fingerprint density at radius 2 is 2.12 bits per heavy atom. The van der Waals surface area contributed by atoms with Gasteiger partial charge in [-0.15, -0.1) is 0 Å². The van der Waals surface area contributed by atoms with Crippen LogP contribution in [0.1, 0.15) is 29.2 Å². The van der Waals surface area contributed by atoms with Gasteiger partial charge in [-0.25, -0.2) is 0 Å². The van der Waals surface area contributed by atoms with E-state index in [4.69, 9.17) is 27.2 Å². The van der Waals surface area contributed by atoms with E-state index in [1.165, 1.54) is 0 Å². The summed E-state index contributed by atoms with van der Waals surface area (Å²) in [4.78, 5) is 0. The number of methoxy groups -OCH3 is 1. The molecule has 0 amide bonds. The van der Waals surface area contributed by atoms with Crippen molar-refractivity contribution >= 4 is 11.6 Å². The topological polar surface area (TPSA) is 55.5 Å². The fraction of sp³-hybridized carbons (Fsp3) is 0.500. The molecular weight excluding hydrogens is 226 g/mol. The largest absolute Gasteiger partial charge is 0.495 e. The molecule has 0 aromatic heterocycles. The van der Waals surface area contributed by atoms with Crippen molar-refractivity contribution in [1.29, 1.82) is 0 Å². The molecule has 0 spiro atoms. The maximum absolute atomic E-state index is 8.89. The van der Waals surface area contributed by atoms with Crippen LogP contribution in [-0.2, 0) is 0 Å². The third kappa shape index (κ3) is 2.48. The second-order valence-corrected chi connectivity index (χ2v) is 4.25. The van der Waals surface area contributed by atoms with E-state index in [1.54, 1.807) is 7.11 Å². The van der Waals surface area contributed by atoms with Crippen molar-refractivity contribution in [2.45, 2.75) is 26.3 Å². The van der Waals surface area contributed by atoms with Gasteiger partial charge in [0, 0.05) is 12.6 Å². The minimum atomic E-state index is -0.188. The smallest absolute Gasteiger partial charge is 0.140 e. The van der Waals surface area contributed by atoms with Gasteiger partial charge in [0.2, 0.25) is 0 Å². The highest BCUT2D eigenvalue weighted by Gasteiger charge is 2.16. The second kappa shape index (κ2) is 5.53. The molecular formula is C12H18ClNO2. The summed E-state index contributed by atoms with van der Waals surface area (Å²) in [5.41, 5.74) is 8.83. The quantitative estimate of drug-likeness (QED) is 0.854. The zero-order valence-electron chi connectivity index (χ0n) is 9.88. The average molecular weight is 244 g/mol. The highest BCUT2D eigenvalue weighted by atomic mass is 35.5. The maximum atomic E-state index is 8.89. The molecule has 0 radical (unpaired) electrons. The Kier molecular flexibility index (Phi) is 4.59. The number of rotatable bonds is 4. The molecule has 0 heterocycles. The molecule has 1 unspecified atom stereocenters. The second-order valence-electron chi connectivity index (χ2n) is 3.87. The summed E-state index contributed by atoms with van der Waals surface area (Å²) in [6.45, 7) is 3.92. The number of benzene rings is 1. The summed E-state index contributed by atoms with van der Waals surface area (Å²) < 4.78 is 5.23. The fourth-order valence-corrected chi connectivity index (χ4v) is 2.14. The van der Waals surface area contributed by atoms with Crippen LogP contribution >= 0.6 is 11.6 Å². The SMILES string of the molecule is COc1c(C)cc(C(N)CCO)c(C)c1Cl. The van der Waals surface area contributed by atoms with Crippen molar-refractivity contribution in [3.05, 3.63) is 27.8 Å². The van der Waals surface area contributed by atoms with E-state index in [9.17, 15) is 0 Å². The Labute approximate surface area is 101 Å². The summed E-state index contributed by atoms with van der Waals surface area (Å²) in [5.74, 6) is 0.694. The molecule has 1 atom stereocenters. The van der Waals surface area contributed by atoms with Crippen molar-refractivity contribution in [3.8, 4) is 5.75 Å². The molecule has 0 bridgehead atoms. The van der Waals surface area contributed by atoms with E-state index in [1.807, 2.05) is 19.9 Å². The molecule has 0 aliphatic heterocycles. The Morgan fingerprint density at radius 1 is 1.50 bits per heavy atom. The molecule has 90 valence electrons. The monoisotopic (exact) mass is 243 g/mol. The summed E-state index contributed by atoms with van der Waals surface area (Å²) in [6, 6.07) is 1.78. The molecule has 0 saturated carbocycles. The van der Waals surface area contributed by atoms with Crippen molar-refractivity contribution < 1.29 is 9.84 Å². The van der Waals surface area contributed by atoms with Crippen LogP contribution < -0.4 is 10.5 Å². The average Bonchev–Trinajstić information content (AvgIpc) is 2.24. The number of hydrogen-bond acceptors (Lipinski definition) is 3. The number of halogens is 1. The fourth-order valence-electron chi connectivity index (χ4n) is 1.81. The van der Waals surface area contributed by atoms with Gasteiger partial charge in [-0.1, -0.05) is 17.7 Å². The molecule has 0 saturated heterocycles. The Morgan fingerprint density at radius 3 is 2.62 bits per heavy atom. The highest BCUT2D eigenvalue weighted by molar-refractivity contribution is 6.33. The van der Waals surface area contributed by atoms with Gasteiger partial charge >= 0.3 is 0 Å². The predicted molar refractivity (Wildman–Crippen MR) is 66.1 cm³/mol. The Balaban J connectivity index is 3.22. The Hall–Kier alpha value is -0.770. The van der Waals surface area contributed by atoms with Crippen LogP contribution in [-0.4, -0.2) is 18.8 Å². The van der Waals surface area contributed by atoms with Crippen LogP contribution in [0.4, 0.5) is 0 Å². The summed E-state index contributed by atoms with van der Waals surface area (Å²) in [5, 5.41) is 9.49. The molecule has 1 aromatic carbocycles. The van der Waals surface area contributed by atoms with Gasteiger partial charge in [0.25, 0.3) is 0 Å². The third-order valence-corrected chi connectivity index (χ3v) is 3.19. The van der Waals surface area contributed by atoms with Crippen molar-refractivity contribution in [2.75, 3.05) is 13.7 Å². The highest BCUT2D eigenvalue weighted by Crippen LogP contribution is 2.35. The van der Waals surface area contributed by atoms with Gasteiger partial charge in [-0.3, -0.25) is 0 Å². The maximum Gasteiger partial charge on any atom is 0.140 e. The van der Waals surface area contributed by atoms with Crippen LogP contribution in [0.25, 0.3) is 0 Å². The number of ether oxygens (including phenoxy) is 1. The lowest BCUT2D eigenvalue weighted by Crippen LogP contribution is -2.14. The van der Waals surface area contributed by atoms with E-state index >= 15 is 0 Å². The first-order chi connectivity index (χ1) is 7.52. The molecule has 3 nitrogen and oxygen atoms in total. The number of nitrogens with two attached hydrogens (primary N) is 1. The number of aliphatic hydroxyl groups excluding tert-OH is 1. The van der Waals surface area contributed by atoms with Gasteiger partial charge in [0.1, 0.15) is 5.75 Å². The molecule has 0 aliphatic rings. The first kappa shape index (κ1) is 13.3. The van der Waals surface area contributed by atoms with E-state index in [-0.39, 0.29) is 12.6 Å². The first-order valence-electron chi connectivity index (χ1n) is 5.23. The van der Waals surface area contributed by atoms with Crippen LogP contribution in [0.2, 0.25) is 5.02 Å². The van der Waals surface area contributed by atoms with E-state index < -0.39 is 0 Å². The van der Waals surface area contributed by atoms with E-state index in [2.05, 4.69) is 0 Å². The summed E-state index contributed by atoms with van der Waals surface area (Å²) >= 11 is 6.20. The van der Waals surface area contributed by atoms with Crippen LogP contribution in [0.5, 0.6) is 5.75 Å². The number of hydrogen-bond donors (Lipinski definition) is 2. The molecule has 1 rings (SSSR count). The zero-order chi connectivity index (χ0) is 12.3. The summed E-state index contributed by atoms with van der Waals surface area (Å²) in [7, 11) is 1.60. The van der Waals surface area contributed by atoms with Gasteiger partial charge in [0.15, 0.2) is 0 Å². The lowest BCUT2D eigenvalue weighted by atomic mass is 9.97. The molecule has 0 fully saturated rings. The van der Waals surface area contributed by atoms with Gasteiger partial charge in [-0.2, -0.15) is 0 Å². The van der Waals surface area contributed by atoms with Crippen LogP contribution in [0.3, 0.4) is 0 Å². The standard InChI is InChI=1S/C12H18ClNO2/c1-7-6-9(10(14)4-5-15)8(2)11(13)12(7)16-3/h6,10,15H,4-5,14H2,1-3H3. The van der Waals surface area contributed by atoms with Crippen molar-refractivity contribution in [1.82, 2.24) is 0 Å². The lowest BCUT2D eigenvalue weighted by Gasteiger charge is -2.18. The minimum absolute atomic E-state index is 0.0727. The normalized spacial score (nSPS) is 12.6. The van der Waals surface area contributed by atoms with Crippen molar-refractivity contribution in [3.63, 3.8) is 0 Å². The van der Waals surface area contributed by atoms with Gasteiger partial charge in [0.05, 0.1) is 12.1 Å². The van der Waals surface area contributed by atoms with Crippen molar-refractivity contribution in [2.24, 2.45) is 5.73 Å². The first-order valence-corrected chi connectivity index (χ1v) is 5.60.